The van der Waals surface area contributed by atoms with Crippen LogP contribution in [0.5, 0.6) is 0 Å². The van der Waals surface area contributed by atoms with Gasteiger partial charge in [-0.25, -0.2) is 0 Å². The maximum absolute atomic E-state index is 12.0. The van der Waals surface area contributed by atoms with Crippen molar-refractivity contribution in [3.05, 3.63) is 0 Å². The van der Waals surface area contributed by atoms with Gasteiger partial charge in [0, 0.05) is 38.6 Å². The molecule has 0 bridgehead atoms. The summed E-state index contributed by atoms with van der Waals surface area (Å²) in [5, 5.41) is 2.61. The Morgan fingerprint density at radius 1 is 1.12 bits per heavy atom. The number of rotatable bonds is 2. The van der Waals surface area contributed by atoms with Gasteiger partial charge in [-0.2, -0.15) is 0 Å². The first-order valence-corrected chi connectivity index (χ1v) is 6.07. The molecule has 1 aliphatic rings. The van der Waals surface area contributed by atoms with Crippen LogP contribution in [0.15, 0.2) is 0 Å². The predicted octanol–water partition coefficient (Wildman–Crippen LogP) is -0.0773. The minimum Gasteiger partial charge on any atom is -0.358 e. The van der Waals surface area contributed by atoms with Gasteiger partial charge in [0.15, 0.2) is 0 Å². The molecule has 0 aliphatic carbocycles. The lowest BCUT2D eigenvalue weighted by Gasteiger charge is -2.37. The summed E-state index contributed by atoms with van der Waals surface area (Å²) in [6.07, 6.45) is 0. The molecular weight excluding hydrogens is 218 g/mol. The van der Waals surface area contributed by atoms with Crippen molar-refractivity contribution in [2.75, 3.05) is 39.8 Å². The van der Waals surface area contributed by atoms with E-state index in [4.69, 9.17) is 0 Å². The highest BCUT2D eigenvalue weighted by molar-refractivity contribution is 5.81. The molecule has 0 aromatic heterocycles. The minimum absolute atomic E-state index is 0.0283. The molecule has 0 spiro atoms. The molecular formula is C12H23N3O2. The molecule has 1 heterocycles. The van der Waals surface area contributed by atoms with Gasteiger partial charge >= 0.3 is 0 Å². The zero-order valence-corrected chi connectivity index (χ0v) is 11.2. The van der Waals surface area contributed by atoms with Gasteiger partial charge in [-0.1, -0.05) is 20.8 Å². The summed E-state index contributed by atoms with van der Waals surface area (Å²) in [4.78, 5) is 27.2. The van der Waals surface area contributed by atoms with Crippen LogP contribution in [0.25, 0.3) is 0 Å². The molecule has 5 nitrogen and oxygen atoms in total. The maximum Gasteiger partial charge on any atom is 0.233 e. The van der Waals surface area contributed by atoms with E-state index in [9.17, 15) is 9.59 Å². The van der Waals surface area contributed by atoms with E-state index >= 15 is 0 Å². The summed E-state index contributed by atoms with van der Waals surface area (Å²) in [6.45, 7) is 9.21. The van der Waals surface area contributed by atoms with Gasteiger partial charge in [-0.3, -0.25) is 14.5 Å². The van der Waals surface area contributed by atoms with Gasteiger partial charge in [0.1, 0.15) is 0 Å². The highest BCUT2D eigenvalue weighted by Gasteiger charge is 2.29. The number of hydrogen-bond donors (Lipinski definition) is 1. The van der Waals surface area contributed by atoms with E-state index in [0.717, 1.165) is 13.1 Å². The molecule has 1 saturated heterocycles. The zero-order valence-electron chi connectivity index (χ0n) is 11.2. The molecule has 1 N–H and O–H groups in total. The second kappa shape index (κ2) is 5.49. The number of piperazine rings is 1. The number of amides is 2. The van der Waals surface area contributed by atoms with E-state index in [2.05, 4.69) is 10.2 Å². The van der Waals surface area contributed by atoms with E-state index in [0.29, 0.717) is 19.6 Å². The van der Waals surface area contributed by atoms with Crippen LogP contribution in [0.1, 0.15) is 20.8 Å². The van der Waals surface area contributed by atoms with Crippen LogP contribution in [-0.2, 0) is 9.59 Å². The van der Waals surface area contributed by atoms with Crippen molar-refractivity contribution in [2.45, 2.75) is 20.8 Å². The van der Waals surface area contributed by atoms with Crippen LogP contribution in [0, 0.1) is 5.41 Å². The Morgan fingerprint density at radius 2 is 1.65 bits per heavy atom. The largest absolute Gasteiger partial charge is 0.358 e. The Bertz CT molecular complexity index is 289. The number of carbonyl (C=O) groups is 2. The van der Waals surface area contributed by atoms with Crippen molar-refractivity contribution in [2.24, 2.45) is 5.41 Å². The van der Waals surface area contributed by atoms with Crippen molar-refractivity contribution in [1.29, 1.82) is 0 Å². The summed E-state index contributed by atoms with van der Waals surface area (Å²) in [5.41, 5.74) is -0.317. The lowest BCUT2D eigenvalue weighted by Crippen LogP contribution is -2.53. The molecule has 0 saturated carbocycles. The molecule has 0 atom stereocenters. The second-order valence-corrected chi connectivity index (χ2v) is 5.49. The summed E-state index contributed by atoms with van der Waals surface area (Å²) in [7, 11) is 1.64. The topological polar surface area (TPSA) is 52.7 Å². The second-order valence-electron chi connectivity index (χ2n) is 5.49. The average molecular weight is 241 g/mol. The summed E-state index contributed by atoms with van der Waals surface area (Å²) in [5.74, 6) is 0.220. The first-order chi connectivity index (χ1) is 7.84. The Kier molecular flexibility index (Phi) is 4.51. The summed E-state index contributed by atoms with van der Waals surface area (Å²) >= 11 is 0. The number of likely N-dealkylation sites (N-methyl/N-ethyl adjacent to an activating group) is 1. The number of carbonyl (C=O) groups excluding carboxylic acids is 2. The monoisotopic (exact) mass is 241 g/mol. The van der Waals surface area contributed by atoms with E-state index in [1.807, 2.05) is 25.7 Å². The van der Waals surface area contributed by atoms with Gasteiger partial charge < -0.3 is 10.2 Å². The number of hydrogen-bond acceptors (Lipinski definition) is 3. The van der Waals surface area contributed by atoms with Gasteiger partial charge in [-0.05, 0) is 0 Å². The highest BCUT2D eigenvalue weighted by Crippen LogP contribution is 2.18. The van der Waals surface area contributed by atoms with E-state index in [-0.39, 0.29) is 17.2 Å². The van der Waals surface area contributed by atoms with Crippen molar-refractivity contribution < 1.29 is 9.59 Å². The van der Waals surface area contributed by atoms with Crippen molar-refractivity contribution in [3.63, 3.8) is 0 Å². The van der Waals surface area contributed by atoms with Gasteiger partial charge in [0.05, 0.1) is 6.54 Å². The van der Waals surface area contributed by atoms with Gasteiger partial charge in [0.25, 0.3) is 0 Å². The average Bonchev–Trinajstić information content (AvgIpc) is 2.27. The van der Waals surface area contributed by atoms with Crippen LogP contribution < -0.4 is 5.32 Å². The molecule has 1 rings (SSSR count). The van der Waals surface area contributed by atoms with Crippen molar-refractivity contribution in [1.82, 2.24) is 15.1 Å². The van der Waals surface area contributed by atoms with Crippen molar-refractivity contribution >= 4 is 11.8 Å². The standard InChI is InChI=1S/C12H23N3O2/c1-12(2,3)11(17)15-7-5-14(6-8-15)9-10(16)13-4/h5-9H2,1-4H3,(H,13,16). The number of nitrogens with zero attached hydrogens (tertiary/aromatic N) is 2. The van der Waals surface area contributed by atoms with Gasteiger partial charge in [0.2, 0.25) is 11.8 Å². The molecule has 0 unspecified atom stereocenters. The normalized spacial score (nSPS) is 18.0. The fraction of sp³-hybridized carbons (Fsp3) is 0.833. The summed E-state index contributed by atoms with van der Waals surface area (Å²) in [6, 6.07) is 0. The quantitative estimate of drug-likeness (QED) is 0.736. The number of nitrogens with one attached hydrogen (secondary N) is 1. The third-order valence-electron chi connectivity index (χ3n) is 2.95. The molecule has 5 heteroatoms. The molecule has 17 heavy (non-hydrogen) atoms. The highest BCUT2D eigenvalue weighted by atomic mass is 16.2. The molecule has 0 radical (unpaired) electrons. The lowest BCUT2D eigenvalue weighted by atomic mass is 9.94. The van der Waals surface area contributed by atoms with Gasteiger partial charge in [-0.15, -0.1) is 0 Å². The molecule has 0 aromatic carbocycles. The Labute approximate surface area is 103 Å². The fourth-order valence-electron chi connectivity index (χ4n) is 1.87. The van der Waals surface area contributed by atoms with E-state index in [1.165, 1.54) is 0 Å². The minimum atomic E-state index is -0.317. The molecule has 98 valence electrons. The smallest absolute Gasteiger partial charge is 0.233 e. The summed E-state index contributed by atoms with van der Waals surface area (Å²) < 4.78 is 0. The molecule has 0 aromatic rings. The molecule has 1 fully saturated rings. The molecule has 2 amide bonds. The zero-order chi connectivity index (χ0) is 13.1. The first-order valence-electron chi connectivity index (χ1n) is 6.07. The van der Waals surface area contributed by atoms with E-state index in [1.54, 1.807) is 7.05 Å². The van der Waals surface area contributed by atoms with E-state index < -0.39 is 0 Å². The lowest BCUT2D eigenvalue weighted by molar-refractivity contribution is -0.141. The van der Waals surface area contributed by atoms with Crippen LogP contribution in [0.3, 0.4) is 0 Å². The Hall–Kier alpha value is -1.10. The van der Waals surface area contributed by atoms with Crippen molar-refractivity contribution in [3.8, 4) is 0 Å². The predicted molar refractivity (Wildman–Crippen MR) is 66.5 cm³/mol. The van der Waals surface area contributed by atoms with Crippen LogP contribution >= 0.6 is 0 Å². The first kappa shape index (κ1) is 14.0. The van der Waals surface area contributed by atoms with Crippen LogP contribution in [0.4, 0.5) is 0 Å². The maximum atomic E-state index is 12.0. The third kappa shape index (κ3) is 4.00. The SMILES string of the molecule is CNC(=O)CN1CCN(C(=O)C(C)(C)C)CC1. The Balaban J connectivity index is 2.41. The van der Waals surface area contributed by atoms with Crippen LogP contribution in [-0.4, -0.2) is 61.4 Å². The fourth-order valence-corrected chi connectivity index (χ4v) is 1.87. The Morgan fingerprint density at radius 3 is 2.06 bits per heavy atom. The van der Waals surface area contributed by atoms with Crippen LogP contribution in [0.2, 0.25) is 0 Å². The molecule has 1 aliphatic heterocycles. The third-order valence-corrected chi connectivity index (χ3v) is 2.95.